The van der Waals surface area contributed by atoms with E-state index in [0.29, 0.717) is 5.92 Å². The summed E-state index contributed by atoms with van der Waals surface area (Å²) in [6.45, 7) is 12.2. The van der Waals surface area contributed by atoms with Gasteiger partial charge in [-0.05, 0) is 53.0 Å². The van der Waals surface area contributed by atoms with Crippen molar-refractivity contribution in [2.45, 2.75) is 51.7 Å². The maximum absolute atomic E-state index is 9.15. The van der Waals surface area contributed by atoms with Gasteiger partial charge >= 0.3 is 7.12 Å². The van der Waals surface area contributed by atoms with E-state index >= 15 is 0 Å². The van der Waals surface area contributed by atoms with Gasteiger partial charge in [-0.2, -0.15) is 0 Å². The first-order chi connectivity index (χ1) is 12.7. The molecular weight excluding hydrogens is 343 g/mol. The van der Waals surface area contributed by atoms with E-state index < -0.39 is 7.12 Å². The second-order valence-corrected chi connectivity index (χ2v) is 8.82. The van der Waals surface area contributed by atoms with Crippen molar-refractivity contribution in [3.05, 3.63) is 12.4 Å². The molecule has 0 aliphatic carbocycles. The minimum Gasteiger partial charge on any atom is -0.399 e. The van der Waals surface area contributed by atoms with Crippen molar-refractivity contribution in [1.82, 2.24) is 14.9 Å². The Labute approximate surface area is 163 Å². The first-order valence-corrected chi connectivity index (χ1v) is 9.94. The summed E-state index contributed by atoms with van der Waals surface area (Å²) < 4.78 is 12.1. The van der Waals surface area contributed by atoms with Crippen LogP contribution in [0, 0.1) is 5.92 Å². The minimum absolute atomic E-state index is 0.228. The molecule has 2 saturated heterocycles. The van der Waals surface area contributed by atoms with Crippen LogP contribution in [0.1, 0.15) is 40.5 Å². The molecule has 2 fully saturated rings. The summed E-state index contributed by atoms with van der Waals surface area (Å²) >= 11 is 0. The molecule has 1 N–H and O–H groups in total. The van der Waals surface area contributed by atoms with Gasteiger partial charge in [0.25, 0.3) is 0 Å². The zero-order valence-electron chi connectivity index (χ0n) is 17.3. The van der Waals surface area contributed by atoms with Crippen molar-refractivity contribution in [3.8, 4) is 0 Å². The normalized spacial score (nSPS) is 25.0. The van der Waals surface area contributed by atoms with E-state index in [1.807, 2.05) is 34.7 Å². The number of aromatic nitrogens is 2. The molecule has 3 rings (SSSR count). The number of aliphatic hydroxyl groups is 1. The summed E-state index contributed by atoms with van der Waals surface area (Å²) in [4.78, 5) is 13.5. The molecule has 0 saturated carbocycles. The second kappa shape index (κ2) is 8.03. The first-order valence-electron chi connectivity index (χ1n) is 9.94. The molecule has 1 atom stereocenters. The molecular formula is C19H33BN4O3. The third-order valence-electron chi connectivity index (χ3n) is 6.08. The predicted molar refractivity (Wildman–Crippen MR) is 107 cm³/mol. The average molecular weight is 376 g/mol. The molecule has 2 aliphatic heterocycles. The van der Waals surface area contributed by atoms with E-state index in [4.69, 9.17) is 14.4 Å². The summed E-state index contributed by atoms with van der Waals surface area (Å²) in [5.74, 6) is 1.29. The van der Waals surface area contributed by atoms with Gasteiger partial charge in [0, 0.05) is 44.5 Å². The standard InChI is InChI=1S/C19H33BN4O3/c1-18(2)19(3,4)27-20(26-18)16-11-21-17(22-12-16)23(5)13-15-7-6-8-24(14-15)9-10-25/h11-12,15,25H,6-10,13-14H2,1-5H3. The number of piperidine rings is 1. The molecule has 0 spiro atoms. The van der Waals surface area contributed by atoms with Crippen LogP contribution < -0.4 is 10.4 Å². The molecule has 0 amide bonds. The smallest absolute Gasteiger partial charge is 0.399 e. The lowest BCUT2D eigenvalue weighted by atomic mass is 9.81. The van der Waals surface area contributed by atoms with E-state index in [1.165, 1.54) is 12.8 Å². The molecule has 1 aromatic heterocycles. The van der Waals surface area contributed by atoms with Gasteiger partial charge in [-0.25, -0.2) is 9.97 Å². The number of aliphatic hydroxyl groups excluding tert-OH is 1. The van der Waals surface area contributed by atoms with Crippen molar-refractivity contribution in [2.24, 2.45) is 5.92 Å². The number of likely N-dealkylation sites (tertiary alicyclic amines) is 1. The lowest BCUT2D eigenvalue weighted by Gasteiger charge is -2.34. The fourth-order valence-corrected chi connectivity index (χ4v) is 3.74. The van der Waals surface area contributed by atoms with Crippen molar-refractivity contribution in [3.63, 3.8) is 0 Å². The SMILES string of the molecule is CN(CC1CCCN(CCO)C1)c1ncc(B2OC(C)(C)C(C)(C)O2)cn1. The molecule has 1 unspecified atom stereocenters. The highest BCUT2D eigenvalue weighted by atomic mass is 16.7. The van der Waals surface area contributed by atoms with Gasteiger partial charge in [0.2, 0.25) is 5.95 Å². The Morgan fingerprint density at radius 3 is 2.44 bits per heavy atom. The van der Waals surface area contributed by atoms with Gasteiger partial charge in [-0.3, -0.25) is 0 Å². The van der Waals surface area contributed by atoms with E-state index in [9.17, 15) is 0 Å². The maximum atomic E-state index is 9.15. The number of β-amino-alcohol motifs (C(OH)–C–C–N with tert-alkyl or cyclic N) is 1. The highest BCUT2D eigenvalue weighted by Crippen LogP contribution is 2.36. The van der Waals surface area contributed by atoms with E-state index in [2.05, 4.69) is 19.8 Å². The lowest BCUT2D eigenvalue weighted by molar-refractivity contribution is 0.00578. The Hall–Kier alpha value is -1.22. The predicted octanol–water partition coefficient (Wildman–Crippen LogP) is 0.916. The number of rotatable bonds is 6. The van der Waals surface area contributed by atoms with Crippen LogP contribution in [0.4, 0.5) is 5.95 Å². The van der Waals surface area contributed by atoms with Crippen molar-refractivity contribution >= 4 is 18.5 Å². The number of anilines is 1. The van der Waals surface area contributed by atoms with Crippen LogP contribution in [-0.2, 0) is 9.31 Å². The molecule has 0 radical (unpaired) electrons. The molecule has 2 aliphatic rings. The molecule has 150 valence electrons. The molecule has 7 nitrogen and oxygen atoms in total. The Balaban J connectivity index is 1.59. The van der Waals surface area contributed by atoms with Crippen LogP contribution in [0.25, 0.3) is 0 Å². The monoisotopic (exact) mass is 376 g/mol. The van der Waals surface area contributed by atoms with Crippen LogP contribution >= 0.6 is 0 Å². The van der Waals surface area contributed by atoms with Crippen LogP contribution in [0.15, 0.2) is 12.4 Å². The van der Waals surface area contributed by atoms with Gasteiger partial charge in [0.05, 0.1) is 17.8 Å². The fraction of sp³-hybridized carbons (Fsp3) is 0.789. The van der Waals surface area contributed by atoms with Gasteiger partial charge in [-0.1, -0.05) is 0 Å². The van der Waals surface area contributed by atoms with E-state index in [-0.39, 0.29) is 17.8 Å². The van der Waals surface area contributed by atoms with Crippen LogP contribution in [0.5, 0.6) is 0 Å². The van der Waals surface area contributed by atoms with Gasteiger partial charge in [0.1, 0.15) is 0 Å². The summed E-state index contributed by atoms with van der Waals surface area (Å²) in [6, 6.07) is 0. The highest BCUT2D eigenvalue weighted by molar-refractivity contribution is 6.61. The topological polar surface area (TPSA) is 71.0 Å². The highest BCUT2D eigenvalue weighted by Gasteiger charge is 2.51. The minimum atomic E-state index is -0.431. The summed E-state index contributed by atoms with van der Waals surface area (Å²) in [5.41, 5.74) is 0.112. The van der Waals surface area contributed by atoms with Crippen LogP contribution in [-0.4, -0.2) is 78.1 Å². The number of nitrogens with zero attached hydrogens (tertiary/aromatic N) is 4. The third kappa shape index (κ3) is 4.62. The van der Waals surface area contributed by atoms with Crippen LogP contribution in [0.3, 0.4) is 0 Å². The summed E-state index contributed by atoms with van der Waals surface area (Å²) in [7, 11) is 1.61. The molecule has 3 heterocycles. The van der Waals surface area contributed by atoms with Crippen molar-refractivity contribution in [1.29, 1.82) is 0 Å². The molecule has 0 aromatic carbocycles. The van der Waals surface area contributed by atoms with Gasteiger partial charge < -0.3 is 24.2 Å². The van der Waals surface area contributed by atoms with Crippen molar-refractivity contribution < 1.29 is 14.4 Å². The Kier molecular flexibility index (Phi) is 6.10. The lowest BCUT2D eigenvalue weighted by Crippen LogP contribution is -2.41. The number of hydrogen-bond acceptors (Lipinski definition) is 7. The molecule has 27 heavy (non-hydrogen) atoms. The van der Waals surface area contributed by atoms with E-state index in [0.717, 1.165) is 37.6 Å². The summed E-state index contributed by atoms with van der Waals surface area (Å²) in [6.07, 6.45) is 6.00. The molecule has 0 bridgehead atoms. The Bertz CT molecular complexity index is 608. The van der Waals surface area contributed by atoms with Gasteiger partial charge in [0.15, 0.2) is 0 Å². The second-order valence-electron chi connectivity index (χ2n) is 8.82. The van der Waals surface area contributed by atoms with Crippen LogP contribution in [0.2, 0.25) is 0 Å². The molecule has 1 aromatic rings. The number of hydrogen-bond donors (Lipinski definition) is 1. The molecule has 8 heteroatoms. The first kappa shape index (κ1) is 20.5. The van der Waals surface area contributed by atoms with Crippen molar-refractivity contribution in [2.75, 3.05) is 44.7 Å². The summed E-state index contributed by atoms with van der Waals surface area (Å²) in [5, 5.41) is 9.15. The quantitative estimate of drug-likeness (QED) is 0.741. The largest absolute Gasteiger partial charge is 0.498 e. The van der Waals surface area contributed by atoms with E-state index in [1.54, 1.807) is 12.4 Å². The Morgan fingerprint density at radius 2 is 1.85 bits per heavy atom. The fourth-order valence-electron chi connectivity index (χ4n) is 3.74. The zero-order chi connectivity index (χ0) is 19.7. The third-order valence-corrected chi connectivity index (χ3v) is 6.08. The Morgan fingerprint density at radius 1 is 1.22 bits per heavy atom. The van der Waals surface area contributed by atoms with Gasteiger partial charge in [-0.15, -0.1) is 0 Å². The zero-order valence-corrected chi connectivity index (χ0v) is 17.3. The average Bonchev–Trinajstić information content (AvgIpc) is 2.83. The maximum Gasteiger partial charge on any atom is 0.498 e.